The zero-order chi connectivity index (χ0) is 22.1. The van der Waals surface area contributed by atoms with Gasteiger partial charge in [0.15, 0.2) is 18.1 Å². The number of hydrogen-bond acceptors (Lipinski definition) is 6. The second kappa shape index (κ2) is 11.2. The van der Waals surface area contributed by atoms with E-state index >= 15 is 0 Å². The zero-order valence-electron chi connectivity index (χ0n) is 16.2. The van der Waals surface area contributed by atoms with Crippen LogP contribution < -0.4 is 14.8 Å². The van der Waals surface area contributed by atoms with Crippen LogP contribution in [0.1, 0.15) is 12.5 Å². The minimum Gasteiger partial charge on any atom is -0.490 e. The van der Waals surface area contributed by atoms with E-state index in [4.69, 9.17) is 9.47 Å². The van der Waals surface area contributed by atoms with E-state index in [1.165, 1.54) is 31.4 Å². The van der Waals surface area contributed by atoms with Crippen molar-refractivity contribution < 1.29 is 28.2 Å². The van der Waals surface area contributed by atoms with Crippen molar-refractivity contribution in [3.63, 3.8) is 0 Å². The van der Waals surface area contributed by atoms with Crippen LogP contribution in [-0.4, -0.2) is 32.2 Å². The van der Waals surface area contributed by atoms with E-state index in [0.29, 0.717) is 27.2 Å². The number of nitrogens with zero attached hydrogens (tertiary/aromatic N) is 1. The molecule has 0 saturated heterocycles. The van der Waals surface area contributed by atoms with Gasteiger partial charge in [-0.1, -0.05) is 12.1 Å². The molecule has 0 saturated carbocycles. The van der Waals surface area contributed by atoms with Crippen molar-refractivity contribution in [1.82, 2.24) is 0 Å². The van der Waals surface area contributed by atoms with E-state index in [1.54, 1.807) is 25.1 Å². The number of para-hydroxylation sites is 1. The third-order valence-electron chi connectivity index (χ3n) is 3.69. The number of amides is 1. The first-order valence-electron chi connectivity index (χ1n) is 8.73. The minimum atomic E-state index is -0.749. The molecular formula is C21H18FIN2O5. The van der Waals surface area contributed by atoms with Crippen molar-refractivity contribution in [3.8, 4) is 17.6 Å². The number of ether oxygens (including phenoxy) is 3. The summed E-state index contributed by atoms with van der Waals surface area (Å²) in [5, 5.41) is 11.8. The predicted octanol–water partition coefficient (Wildman–Crippen LogP) is 3.93. The van der Waals surface area contributed by atoms with Gasteiger partial charge in [0, 0.05) is 0 Å². The molecule has 0 aliphatic carbocycles. The van der Waals surface area contributed by atoms with Gasteiger partial charge in [0.2, 0.25) is 0 Å². The third kappa shape index (κ3) is 6.18. The second-order valence-electron chi connectivity index (χ2n) is 5.73. The summed E-state index contributed by atoms with van der Waals surface area (Å²) in [6.07, 6.45) is 1.35. The largest absolute Gasteiger partial charge is 0.490 e. The zero-order valence-corrected chi connectivity index (χ0v) is 18.4. The number of nitrogens with one attached hydrogen (secondary N) is 1. The molecular weight excluding hydrogens is 506 g/mol. The van der Waals surface area contributed by atoms with Crippen LogP contribution in [-0.2, 0) is 14.3 Å². The average Bonchev–Trinajstić information content (AvgIpc) is 2.72. The Morgan fingerprint density at radius 3 is 2.63 bits per heavy atom. The number of nitriles is 1. The molecule has 7 nitrogen and oxygen atoms in total. The Balaban J connectivity index is 2.33. The monoisotopic (exact) mass is 524 g/mol. The van der Waals surface area contributed by atoms with E-state index in [2.05, 4.69) is 10.1 Å². The van der Waals surface area contributed by atoms with E-state index in [-0.39, 0.29) is 17.9 Å². The number of methoxy groups -OCH3 is 1. The van der Waals surface area contributed by atoms with Gasteiger partial charge in [-0.2, -0.15) is 5.26 Å². The number of benzene rings is 2. The number of carbonyl (C=O) groups is 2. The molecule has 2 aromatic carbocycles. The predicted molar refractivity (Wildman–Crippen MR) is 116 cm³/mol. The SMILES string of the molecule is CCOc1cc(/C=C(/C#N)C(=O)Nc2ccccc2F)cc(I)c1OCC(=O)OC. The highest BCUT2D eigenvalue weighted by Crippen LogP contribution is 2.35. The Hall–Kier alpha value is -3.13. The van der Waals surface area contributed by atoms with Crippen molar-refractivity contribution >= 4 is 46.2 Å². The summed E-state index contributed by atoms with van der Waals surface area (Å²) in [6, 6.07) is 10.7. The number of rotatable bonds is 8. The van der Waals surface area contributed by atoms with Crippen molar-refractivity contribution in [2.75, 3.05) is 25.6 Å². The summed E-state index contributed by atoms with van der Waals surface area (Å²) in [6.45, 7) is 1.81. The van der Waals surface area contributed by atoms with Gasteiger partial charge in [-0.15, -0.1) is 0 Å². The first kappa shape index (κ1) is 23.2. The molecule has 30 heavy (non-hydrogen) atoms. The van der Waals surface area contributed by atoms with Crippen LogP contribution in [0.5, 0.6) is 11.5 Å². The van der Waals surface area contributed by atoms with Gasteiger partial charge in [0.25, 0.3) is 5.91 Å². The molecule has 0 bridgehead atoms. The molecule has 1 amide bonds. The quantitative estimate of drug-likeness (QED) is 0.243. The number of hydrogen-bond donors (Lipinski definition) is 1. The van der Waals surface area contributed by atoms with Crippen LogP contribution in [0.2, 0.25) is 0 Å². The summed E-state index contributed by atoms with van der Waals surface area (Å²) in [5.74, 6) is -1.22. The molecule has 156 valence electrons. The van der Waals surface area contributed by atoms with Crippen molar-refractivity contribution in [3.05, 3.63) is 56.9 Å². The average molecular weight is 524 g/mol. The number of carbonyl (C=O) groups excluding carboxylic acids is 2. The molecule has 0 unspecified atom stereocenters. The van der Waals surface area contributed by atoms with Crippen molar-refractivity contribution in [2.24, 2.45) is 0 Å². The summed E-state index contributed by atoms with van der Waals surface area (Å²) >= 11 is 1.99. The Bertz CT molecular complexity index is 1020. The third-order valence-corrected chi connectivity index (χ3v) is 4.49. The van der Waals surface area contributed by atoms with Gasteiger partial charge < -0.3 is 19.5 Å². The van der Waals surface area contributed by atoms with Gasteiger partial charge >= 0.3 is 5.97 Å². The molecule has 0 heterocycles. The molecule has 0 aromatic heterocycles. The Labute approximate surface area is 186 Å². The lowest BCUT2D eigenvalue weighted by Crippen LogP contribution is -2.15. The van der Waals surface area contributed by atoms with Gasteiger partial charge in [0.1, 0.15) is 17.5 Å². The molecule has 0 aliphatic heterocycles. The summed E-state index contributed by atoms with van der Waals surface area (Å²) in [5.41, 5.74) is 0.244. The van der Waals surface area contributed by atoms with Crippen molar-refractivity contribution in [2.45, 2.75) is 6.92 Å². The van der Waals surface area contributed by atoms with Crippen LogP contribution in [0.15, 0.2) is 42.0 Å². The molecule has 0 aliphatic rings. The van der Waals surface area contributed by atoms with Crippen LogP contribution in [0.3, 0.4) is 0 Å². The molecule has 9 heteroatoms. The van der Waals surface area contributed by atoms with Gasteiger partial charge in [0.05, 0.1) is 23.0 Å². The fraction of sp³-hybridized carbons (Fsp3) is 0.190. The number of anilines is 1. The Morgan fingerprint density at radius 1 is 1.27 bits per heavy atom. The fourth-order valence-electron chi connectivity index (χ4n) is 2.33. The van der Waals surface area contributed by atoms with Crippen LogP contribution >= 0.6 is 22.6 Å². The topological polar surface area (TPSA) is 97.6 Å². The Morgan fingerprint density at radius 2 is 2.00 bits per heavy atom. The van der Waals surface area contributed by atoms with E-state index < -0.39 is 17.7 Å². The normalized spacial score (nSPS) is 10.7. The lowest BCUT2D eigenvalue weighted by atomic mass is 10.1. The summed E-state index contributed by atoms with van der Waals surface area (Å²) < 4.78 is 30.0. The van der Waals surface area contributed by atoms with E-state index in [9.17, 15) is 19.2 Å². The summed E-state index contributed by atoms with van der Waals surface area (Å²) in [4.78, 5) is 23.8. The number of halogens is 2. The molecule has 0 atom stereocenters. The maximum absolute atomic E-state index is 13.8. The molecule has 1 N–H and O–H groups in total. The molecule has 2 aromatic rings. The highest BCUT2D eigenvalue weighted by Gasteiger charge is 2.16. The van der Waals surface area contributed by atoms with E-state index in [1.807, 2.05) is 28.7 Å². The fourth-order valence-corrected chi connectivity index (χ4v) is 3.11. The van der Waals surface area contributed by atoms with Crippen LogP contribution in [0.4, 0.5) is 10.1 Å². The first-order valence-corrected chi connectivity index (χ1v) is 9.81. The first-order chi connectivity index (χ1) is 14.4. The maximum Gasteiger partial charge on any atom is 0.343 e. The van der Waals surface area contributed by atoms with Crippen LogP contribution in [0, 0.1) is 20.7 Å². The lowest BCUT2D eigenvalue weighted by molar-refractivity contribution is -0.142. The maximum atomic E-state index is 13.8. The Kier molecular flexibility index (Phi) is 8.61. The standard InChI is InChI=1S/C21H18FIN2O5/c1-3-29-18-10-13(9-16(23)20(18)30-12-19(26)28-2)8-14(11-24)21(27)25-17-7-5-4-6-15(17)22/h4-10H,3,12H2,1-2H3,(H,25,27)/b14-8-. The van der Waals surface area contributed by atoms with Crippen LogP contribution in [0.25, 0.3) is 6.08 Å². The smallest absolute Gasteiger partial charge is 0.343 e. The molecule has 0 spiro atoms. The highest BCUT2D eigenvalue weighted by atomic mass is 127. The van der Waals surface area contributed by atoms with E-state index in [0.717, 1.165) is 0 Å². The lowest BCUT2D eigenvalue weighted by Gasteiger charge is -2.14. The van der Waals surface area contributed by atoms with Gasteiger partial charge in [-0.3, -0.25) is 4.79 Å². The number of esters is 1. The molecule has 0 radical (unpaired) electrons. The highest BCUT2D eigenvalue weighted by molar-refractivity contribution is 14.1. The second-order valence-corrected chi connectivity index (χ2v) is 6.89. The molecule has 0 fully saturated rings. The summed E-state index contributed by atoms with van der Waals surface area (Å²) in [7, 11) is 1.25. The minimum absolute atomic E-state index is 0.0280. The van der Waals surface area contributed by atoms with Crippen molar-refractivity contribution in [1.29, 1.82) is 5.26 Å². The van der Waals surface area contributed by atoms with Gasteiger partial charge in [-0.05, 0) is 65.4 Å². The molecule has 2 rings (SSSR count). The van der Waals surface area contributed by atoms with Gasteiger partial charge in [-0.25, -0.2) is 9.18 Å².